The molecule has 3 fully saturated rings. The van der Waals surface area contributed by atoms with Crippen LogP contribution in [0.3, 0.4) is 0 Å². The predicted molar refractivity (Wildman–Crippen MR) is 244 cm³/mol. The second kappa shape index (κ2) is 25.7. The van der Waals surface area contributed by atoms with E-state index >= 15 is 0 Å². The Bertz CT molecular complexity index is 1140. The van der Waals surface area contributed by atoms with E-state index in [1.54, 1.807) is 0 Å². The number of allylic oxidation sites excluding steroid dienone is 6. The Hall–Kier alpha value is -0.900. The molecule has 4 rings (SSSR count). The molecule has 3 heteroatoms. The minimum atomic E-state index is 0.178. The number of fused-ring (bicyclic) bond motifs is 5. The third-order valence-corrected chi connectivity index (χ3v) is 15.9. The molecular weight excluding hydrogens is 683 g/mol. The summed E-state index contributed by atoms with van der Waals surface area (Å²) in [5.41, 5.74) is 2.92. The summed E-state index contributed by atoms with van der Waals surface area (Å²) in [5.74, 6) is 6.40. The van der Waals surface area contributed by atoms with Gasteiger partial charge in [0.05, 0.1) is 12.7 Å². The van der Waals surface area contributed by atoms with Crippen LogP contribution in [0.2, 0.25) is 0 Å². The molecule has 0 aromatic heterocycles. The Balaban J connectivity index is 1.07. The summed E-state index contributed by atoms with van der Waals surface area (Å²) >= 11 is 0. The normalized spacial score (nSPS) is 30.2. The Morgan fingerprint density at radius 3 is 2.23 bits per heavy atom. The van der Waals surface area contributed by atoms with Crippen molar-refractivity contribution < 1.29 is 9.47 Å². The summed E-state index contributed by atoms with van der Waals surface area (Å²) in [5, 5.41) is 0. The van der Waals surface area contributed by atoms with E-state index in [9.17, 15) is 0 Å². The topological polar surface area (TPSA) is 21.7 Å². The molecule has 4 aliphatic carbocycles. The van der Waals surface area contributed by atoms with Crippen molar-refractivity contribution in [3.05, 3.63) is 36.0 Å². The standard InChI is InChI=1S/C53H95NO2/c1-9-10-11-12-13-14-15-16-17-18-19-20-21-22-23-24-38-55-42-47(41-54(7)8)56-39-26-29-45-34-36-52(5)46(40-45)30-31-48-50-33-32-49(44(4)28-25-27-43(2)3)53(50,6)37-35-51(48)52/h13-14,16-17,30,43-45,47-51H,9-12,15,18-29,31-42H2,1-8H3. The van der Waals surface area contributed by atoms with Crippen LogP contribution in [0.5, 0.6) is 0 Å². The van der Waals surface area contributed by atoms with Crippen molar-refractivity contribution in [1.29, 1.82) is 0 Å². The highest BCUT2D eigenvalue weighted by Gasteiger charge is 2.59. The minimum Gasteiger partial charge on any atom is -0.379 e. The maximum atomic E-state index is 6.49. The van der Waals surface area contributed by atoms with E-state index in [1.165, 1.54) is 154 Å². The number of nitrogens with zero attached hydrogens (tertiary/aromatic N) is 1. The van der Waals surface area contributed by atoms with Crippen molar-refractivity contribution in [3.63, 3.8) is 0 Å². The summed E-state index contributed by atoms with van der Waals surface area (Å²) in [6.07, 6.45) is 46.2. The van der Waals surface area contributed by atoms with Crippen LogP contribution in [0.4, 0.5) is 0 Å². The smallest absolute Gasteiger partial charge is 0.0934 e. The van der Waals surface area contributed by atoms with E-state index in [4.69, 9.17) is 9.47 Å². The van der Waals surface area contributed by atoms with Gasteiger partial charge in [-0.1, -0.05) is 135 Å². The first-order chi connectivity index (χ1) is 27.1. The molecule has 0 aromatic carbocycles. The molecule has 0 bridgehead atoms. The molecule has 0 N–H and O–H groups in total. The lowest BCUT2D eigenvalue weighted by Gasteiger charge is -2.58. The van der Waals surface area contributed by atoms with Gasteiger partial charge in [0, 0.05) is 19.8 Å². The molecule has 0 aliphatic heterocycles. The highest BCUT2D eigenvalue weighted by Crippen LogP contribution is 2.67. The second-order valence-corrected chi connectivity index (χ2v) is 21.0. The first-order valence-corrected chi connectivity index (χ1v) is 24.9. The maximum Gasteiger partial charge on any atom is 0.0934 e. The number of rotatable bonds is 29. The van der Waals surface area contributed by atoms with E-state index in [0.717, 1.165) is 74.2 Å². The maximum absolute atomic E-state index is 6.49. The van der Waals surface area contributed by atoms with Crippen LogP contribution in [-0.2, 0) is 9.47 Å². The van der Waals surface area contributed by atoms with Gasteiger partial charge in [0.2, 0.25) is 0 Å². The van der Waals surface area contributed by atoms with Crippen molar-refractivity contribution >= 4 is 0 Å². The third kappa shape index (κ3) is 15.0. The zero-order chi connectivity index (χ0) is 40.2. The highest BCUT2D eigenvalue weighted by atomic mass is 16.5. The van der Waals surface area contributed by atoms with Gasteiger partial charge < -0.3 is 14.4 Å². The summed E-state index contributed by atoms with van der Waals surface area (Å²) in [6.45, 7) is 18.6. The van der Waals surface area contributed by atoms with Crippen LogP contribution < -0.4 is 0 Å². The average Bonchev–Trinajstić information content (AvgIpc) is 3.53. The summed E-state index contributed by atoms with van der Waals surface area (Å²) in [4.78, 5) is 2.26. The molecule has 0 radical (unpaired) electrons. The van der Waals surface area contributed by atoms with Crippen LogP contribution in [0.15, 0.2) is 36.0 Å². The molecule has 324 valence electrons. The molecule has 3 saturated carbocycles. The summed E-state index contributed by atoms with van der Waals surface area (Å²) in [7, 11) is 4.32. The number of hydrogen-bond acceptors (Lipinski definition) is 3. The molecule has 3 nitrogen and oxygen atoms in total. The fraction of sp³-hybridized carbons (Fsp3) is 0.887. The Kier molecular flexibility index (Phi) is 21.9. The van der Waals surface area contributed by atoms with Gasteiger partial charge in [-0.15, -0.1) is 0 Å². The van der Waals surface area contributed by atoms with Crippen molar-refractivity contribution in [2.75, 3.05) is 40.5 Å². The van der Waals surface area contributed by atoms with Crippen molar-refractivity contribution in [2.24, 2.45) is 52.3 Å². The lowest BCUT2D eigenvalue weighted by atomic mass is 9.46. The molecule has 0 saturated heterocycles. The quantitative estimate of drug-likeness (QED) is 0.0558. The molecule has 9 unspecified atom stereocenters. The predicted octanol–water partition coefficient (Wildman–Crippen LogP) is 15.2. The van der Waals surface area contributed by atoms with Crippen LogP contribution in [-0.4, -0.2) is 51.5 Å². The molecule has 4 aliphatic rings. The number of likely N-dealkylation sites (N-methyl/N-ethyl adjacent to an activating group) is 1. The molecule has 0 spiro atoms. The van der Waals surface area contributed by atoms with Crippen LogP contribution in [0, 0.1) is 52.3 Å². The van der Waals surface area contributed by atoms with E-state index in [2.05, 4.69) is 90.9 Å². The SMILES string of the molecule is CCCCCC=CCC=CCCCCCCCCOCC(CN(C)C)OCCCC1CCC2(C)C(=CCC3C2CCC2(C)C(C(C)CCCC(C)C)CCC32)C1. The number of hydrogen-bond donors (Lipinski definition) is 0. The van der Waals surface area contributed by atoms with Gasteiger partial charge in [0.15, 0.2) is 0 Å². The fourth-order valence-electron chi connectivity index (χ4n) is 12.6. The summed E-state index contributed by atoms with van der Waals surface area (Å²) < 4.78 is 12.7. The molecule has 9 atom stereocenters. The lowest BCUT2D eigenvalue weighted by Crippen LogP contribution is -2.50. The minimum absolute atomic E-state index is 0.178. The molecule has 56 heavy (non-hydrogen) atoms. The van der Waals surface area contributed by atoms with Crippen LogP contribution >= 0.6 is 0 Å². The highest BCUT2D eigenvalue weighted by molar-refractivity contribution is 5.25. The second-order valence-electron chi connectivity index (χ2n) is 21.0. The zero-order valence-electron chi connectivity index (χ0n) is 38.8. The van der Waals surface area contributed by atoms with Gasteiger partial charge in [-0.2, -0.15) is 0 Å². The van der Waals surface area contributed by atoms with Gasteiger partial charge >= 0.3 is 0 Å². The Morgan fingerprint density at radius 1 is 0.768 bits per heavy atom. The first-order valence-electron chi connectivity index (χ1n) is 24.9. The average molecular weight is 778 g/mol. The Labute approximate surface area is 350 Å². The number of unbranched alkanes of at least 4 members (excludes halogenated alkanes) is 9. The molecule has 0 amide bonds. The molecule has 0 heterocycles. The van der Waals surface area contributed by atoms with E-state index in [0.29, 0.717) is 10.8 Å². The van der Waals surface area contributed by atoms with Crippen molar-refractivity contribution in [1.82, 2.24) is 4.90 Å². The first kappa shape index (κ1) is 47.8. The van der Waals surface area contributed by atoms with Gasteiger partial charge in [0.1, 0.15) is 0 Å². The zero-order valence-corrected chi connectivity index (χ0v) is 38.8. The van der Waals surface area contributed by atoms with Gasteiger partial charge in [-0.25, -0.2) is 0 Å². The van der Waals surface area contributed by atoms with E-state index < -0.39 is 0 Å². The Morgan fingerprint density at radius 2 is 1.50 bits per heavy atom. The lowest BCUT2D eigenvalue weighted by molar-refractivity contribution is -0.0536. The van der Waals surface area contributed by atoms with E-state index in [-0.39, 0.29) is 6.10 Å². The van der Waals surface area contributed by atoms with Crippen molar-refractivity contribution in [3.8, 4) is 0 Å². The number of ether oxygens (including phenoxy) is 2. The largest absolute Gasteiger partial charge is 0.379 e. The van der Waals surface area contributed by atoms with Crippen molar-refractivity contribution in [2.45, 2.75) is 208 Å². The van der Waals surface area contributed by atoms with Gasteiger partial charge in [0.25, 0.3) is 0 Å². The third-order valence-electron chi connectivity index (χ3n) is 15.9. The van der Waals surface area contributed by atoms with Gasteiger partial charge in [-0.3, -0.25) is 0 Å². The van der Waals surface area contributed by atoms with Crippen LogP contribution in [0.25, 0.3) is 0 Å². The fourth-order valence-corrected chi connectivity index (χ4v) is 12.6. The monoisotopic (exact) mass is 778 g/mol. The van der Waals surface area contributed by atoms with Crippen LogP contribution in [0.1, 0.15) is 202 Å². The summed E-state index contributed by atoms with van der Waals surface area (Å²) in [6, 6.07) is 0. The molecule has 0 aromatic rings. The molecular formula is C53H95NO2. The van der Waals surface area contributed by atoms with Gasteiger partial charge in [-0.05, 0) is 169 Å². The van der Waals surface area contributed by atoms with E-state index in [1.807, 2.05) is 5.57 Å².